The van der Waals surface area contributed by atoms with Gasteiger partial charge >= 0.3 is 6.03 Å². The molecule has 4 amide bonds. The van der Waals surface area contributed by atoms with Crippen LogP contribution in [-0.4, -0.2) is 58.9 Å². The minimum atomic E-state index is -1.48. The Kier molecular flexibility index (Phi) is 5.73. The van der Waals surface area contributed by atoms with E-state index in [0.29, 0.717) is 36.9 Å². The van der Waals surface area contributed by atoms with Crippen molar-refractivity contribution in [2.75, 3.05) is 31.1 Å². The van der Waals surface area contributed by atoms with E-state index in [9.17, 15) is 18.8 Å². The lowest BCUT2D eigenvalue weighted by atomic mass is 9.92. The molecule has 2 N–H and O–H groups in total. The molecule has 0 saturated carbocycles. The fourth-order valence-corrected chi connectivity index (χ4v) is 4.06. The van der Waals surface area contributed by atoms with Gasteiger partial charge in [-0.15, -0.1) is 0 Å². The molecule has 2 fully saturated rings. The van der Waals surface area contributed by atoms with Crippen LogP contribution < -0.4 is 15.5 Å². The molecule has 1 aromatic heterocycles. The number of piperazine rings is 1. The van der Waals surface area contributed by atoms with Gasteiger partial charge in [0.15, 0.2) is 11.4 Å². The monoisotopic (exact) mass is 446 g/mol. The van der Waals surface area contributed by atoms with Crippen molar-refractivity contribution in [2.45, 2.75) is 18.4 Å². The number of amides is 4. The van der Waals surface area contributed by atoms with Crippen molar-refractivity contribution >= 4 is 35.1 Å². The van der Waals surface area contributed by atoms with E-state index in [0.717, 1.165) is 0 Å². The molecule has 2 saturated heterocycles. The van der Waals surface area contributed by atoms with Crippen molar-refractivity contribution in [2.24, 2.45) is 0 Å². The summed E-state index contributed by atoms with van der Waals surface area (Å²) in [6.07, 6.45) is 3.01. The third-order valence-electron chi connectivity index (χ3n) is 5.45. The Hall–Kier alpha value is -3.27. The van der Waals surface area contributed by atoms with Gasteiger partial charge in [-0.05, 0) is 30.7 Å². The van der Waals surface area contributed by atoms with Crippen molar-refractivity contribution in [3.05, 3.63) is 53.3 Å². The molecule has 4 rings (SSSR count). The first-order valence-electron chi connectivity index (χ1n) is 9.77. The first kappa shape index (κ1) is 21.0. The number of urea groups is 1. The van der Waals surface area contributed by atoms with Crippen LogP contribution in [0.4, 0.5) is 14.9 Å². The standard InChI is InChI=1S/C20H20ClFN6O3/c21-13-10-14(22)12-15(11-13)27-6-8-28(9-7-27)16(29)2-3-20(17-23-4-1-5-24-17)18(30)25-19(31)26-20/h1,4-5,10-12H,2-3,6-9H2,(H2,25,26,30,31). The number of hydrogen-bond donors (Lipinski definition) is 2. The highest BCUT2D eigenvalue weighted by Gasteiger charge is 2.50. The predicted molar refractivity (Wildman–Crippen MR) is 110 cm³/mol. The molecule has 0 spiro atoms. The molecule has 0 radical (unpaired) electrons. The number of aromatic nitrogens is 2. The van der Waals surface area contributed by atoms with Crippen molar-refractivity contribution in [3.8, 4) is 0 Å². The summed E-state index contributed by atoms with van der Waals surface area (Å²) in [7, 11) is 0. The lowest BCUT2D eigenvalue weighted by Gasteiger charge is -2.36. The van der Waals surface area contributed by atoms with E-state index >= 15 is 0 Å². The Morgan fingerprint density at radius 1 is 1.13 bits per heavy atom. The van der Waals surface area contributed by atoms with E-state index in [-0.39, 0.29) is 24.6 Å². The molecule has 3 heterocycles. The quantitative estimate of drug-likeness (QED) is 0.673. The third-order valence-corrected chi connectivity index (χ3v) is 5.67. The third kappa shape index (κ3) is 4.29. The van der Waals surface area contributed by atoms with Crippen molar-refractivity contribution < 1.29 is 18.8 Å². The second-order valence-corrected chi connectivity index (χ2v) is 7.82. The minimum Gasteiger partial charge on any atom is -0.368 e. The number of hydrogen-bond acceptors (Lipinski definition) is 6. The molecule has 11 heteroatoms. The lowest BCUT2D eigenvalue weighted by Crippen LogP contribution is -2.50. The van der Waals surface area contributed by atoms with Crippen LogP contribution in [0, 0.1) is 5.82 Å². The largest absolute Gasteiger partial charge is 0.368 e. The number of imide groups is 1. The molecule has 1 aromatic carbocycles. The molecule has 9 nitrogen and oxygen atoms in total. The van der Waals surface area contributed by atoms with Crippen molar-refractivity contribution in [1.29, 1.82) is 0 Å². The summed E-state index contributed by atoms with van der Waals surface area (Å²) in [5.41, 5.74) is -0.809. The topological polar surface area (TPSA) is 108 Å². The normalized spacial score (nSPS) is 21.1. The molecule has 1 atom stereocenters. The van der Waals surface area contributed by atoms with Gasteiger partial charge in [-0.1, -0.05) is 11.6 Å². The molecular formula is C20H20ClFN6O3. The van der Waals surface area contributed by atoms with Crippen LogP contribution in [0.1, 0.15) is 18.7 Å². The molecule has 2 aromatic rings. The fourth-order valence-electron chi connectivity index (χ4n) is 3.84. The van der Waals surface area contributed by atoms with Crippen molar-refractivity contribution in [1.82, 2.24) is 25.5 Å². The van der Waals surface area contributed by atoms with Crippen LogP contribution in [0.2, 0.25) is 5.02 Å². The highest BCUT2D eigenvalue weighted by Crippen LogP contribution is 2.28. The molecular weight excluding hydrogens is 427 g/mol. The number of nitrogens with zero attached hydrogens (tertiary/aromatic N) is 4. The Labute approximate surface area is 182 Å². The van der Waals surface area contributed by atoms with E-state index < -0.39 is 23.3 Å². The number of nitrogens with one attached hydrogen (secondary N) is 2. The predicted octanol–water partition coefficient (Wildman–Crippen LogP) is 1.43. The van der Waals surface area contributed by atoms with E-state index in [1.54, 1.807) is 17.0 Å². The number of halogens is 2. The molecule has 162 valence electrons. The number of benzene rings is 1. The van der Waals surface area contributed by atoms with Crippen LogP contribution >= 0.6 is 11.6 Å². The summed E-state index contributed by atoms with van der Waals surface area (Å²) < 4.78 is 13.6. The molecule has 2 aliphatic rings. The maximum absolute atomic E-state index is 13.6. The van der Waals surface area contributed by atoms with Gasteiger partial charge in [0, 0.05) is 55.7 Å². The van der Waals surface area contributed by atoms with E-state index in [4.69, 9.17) is 11.6 Å². The lowest BCUT2D eigenvalue weighted by molar-refractivity contribution is -0.132. The molecule has 0 aliphatic carbocycles. The zero-order valence-electron chi connectivity index (χ0n) is 16.5. The summed E-state index contributed by atoms with van der Waals surface area (Å²) in [5.74, 6) is -1.00. The van der Waals surface area contributed by atoms with Gasteiger partial charge in [0.1, 0.15) is 5.82 Å². The van der Waals surface area contributed by atoms with Crippen molar-refractivity contribution in [3.63, 3.8) is 0 Å². The Morgan fingerprint density at radius 3 is 2.45 bits per heavy atom. The fraction of sp³-hybridized carbons (Fsp3) is 0.350. The smallest absolute Gasteiger partial charge is 0.322 e. The van der Waals surface area contributed by atoms with Crippen LogP contribution in [0.25, 0.3) is 0 Å². The Morgan fingerprint density at radius 2 is 1.84 bits per heavy atom. The van der Waals surface area contributed by atoms with Gasteiger partial charge in [-0.3, -0.25) is 14.9 Å². The van der Waals surface area contributed by atoms with Gasteiger partial charge in [0.2, 0.25) is 5.91 Å². The first-order chi connectivity index (χ1) is 14.9. The van der Waals surface area contributed by atoms with E-state index in [1.165, 1.54) is 24.5 Å². The average Bonchev–Trinajstić information content (AvgIpc) is 3.06. The average molecular weight is 447 g/mol. The van der Waals surface area contributed by atoms with Gasteiger partial charge in [-0.25, -0.2) is 19.2 Å². The number of anilines is 1. The maximum Gasteiger partial charge on any atom is 0.322 e. The van der Waals surface area contributed by atoms with Gasteiger partial charge in [-0.2, -0.15) is 0 Å². The first-order valence-corrected chi connectivity index (χ1v) is 10.1. The Balaban J connectivity index is 1.39. The SMILES string of the molecule is O=C1NC(=O)C(CCC(=O)N2CCN(c3cc(F)cc(Cl)c3)CC2)(c2ncccn2)N1. The molecule has 1 unspecified atom stereocenters. The second-order valence-electron chi connectivity index (χ2n) is 7.38. The summed E-state index contributed by atoms with van der Waals surface area (Å²) in [6, 6.07) is 5.30. The van der Waals surface area contributed by atoms with Crippen LogP contribution in [-0.2, 0) is 15.1 Å². The van der Waals surface area contributed by atoms with Gasteiger partial charge in [0.05, 0.1) is 0 Å². The summed E-state index contributed by atoms with van der Waals surface area (Å²) in [5, 5.41) is 5.10. The van der Waals surface area contributed by atoms with Crippen LogP contribution in [0.3, 0.4) is 0 Å². The second kappa shape index (κ2) is 8.46. The van der Waals surface area contributed by atoms with Crippen LogP contribution in [0.15, 0.2) is 36.7 Å². The summed E-state index contributed by atoms with van der Waals surface area (Å²) >= 11 is 5.93. The highest BCUT2D eigenvalue weighted by atomic mass is 35.5. The number of carbonyl (C=O) groups is 3. The maximum atomic E-state index is 13.6. The van der Waals surface area contributed by atoms with E-state index in [2.05, 4.69) is 20.6 Å². The van der Waals surface area contributed by atoms with Crippen LogP contribution in [0.5, 0.6) is 0 Å². The van der Waals surface area contributed by atoms with Gasteiger partial charge in [0.25, 0.3) is 5.91 Å². The Bertz CT molecular complexity index is 995. The zero-order chi connectivity index (χ0) is 22.0. The molecule has 0 bridgehead atoms. The summed E-state index contributed by atoms with van der Waals surface area (Å²) in [4.78, 5) is 48.9. The van der Waals surface area contributed by atoms with E-state index in [1.807, 2.05) is 4.90 Å². The highest BCUT2D eigenvalue weighted by molar-refractivity contribution is 6.30. The zero-order valence-corrected chi connectivity index (χ0v) is 17.2. The number of carbonyl (C=O) groups excluding carboxylic acids is 3. The summed E-state index contributed by atoms with van der Waals surface area (Å²) in [6.45, 7) is 1.94. The molecule has 2 aliphatic heterocycles. The number of rotatable bonds is 5. The van der Waals surface area contributed by atoms with Gasteiger partial charge < -0.3 is 15.1 Å². The minimum absolute atomic E-state index is 0.0255. The molecule has 31 heavy (non-hydrogen) atoms.